The van der Waals surface area contributed by atoms with Gasteiger partial charge in [-0.15, -0.1) is 0 Å². The fourth-order valence-corrected chi connectivity index (χ4v) is 2.72. The van der Waals surface area contributed by atoms with Gasteiger partial charge in [-0.3, -0.25) is 15.4 Å². The topological polar surface area (TPSA) is 105 Å². The van der Waals surface area contributed by atoms with Crippen molar-refractivity contribution in [1.29, 1.82) is 0 Å². The number of phenolic OH excluding ortho intramolecular Hbond substituents is 2. The summed E-state index contributed by atoms with van der Waals surface area (Å²) in [5.74, 6) is 0.0466. The molecule has 0 saturated carbocycles. The summed E-state index contributed by atoms with van der Waals surface area (Å²) in [5, 5.41) is 33.5. The van der Waals surface area contributed by atoms with Crippen LogP contribution in [0.1, 0.15) is 24.2 Å². The second-order valence-electron chi connectivity index (χ2n) is 5.57. The van der Waals surface area contributed by atoms with Crippen molar-refractivity contribution in [3.63, 3.8) is 0 Å². The van der Waals surface area contributed by atoms with Crippen molar-refractivity contribution in [3.05, 3.63) is 63.7 Å². The molecule has 7 heteroatoms. The summed E-state index contributed by atoms with van der Waals surface area (Å²) in [5.41, 5.74) is 0.288. The normalized spacial score (nSPS) is 23.8. The highest BCUT2D eigenvalue weighted by molar-refractivity contribution is 5.43. The number of nitrogens with one attached hydrogen (secondary N) is 1. The SMILES string of the molecule is C[C@]1(c2cc(O)ccc2O)NC[C@H](c2ccc([N+](=O)[O-])cc2)O1. The quantitative estimate of drug-likeness (QED) is 0.456. The molecule has 0 bridgehead atoms. The van der Waals surface area contributed by atoms with E-state index in [2.05, 4.69) is 5.32 Å². The van der Waals surface area contributed by atoms with Crippen molar-refractivity contribution >= 4 is 5.69 Å². The van der Waals surface area contributed by atoms with E-state index in [4.69, 9.17) is 4.74 Å². The van der Waals surface area contributed by atoms with Crippen LogP contribution in [0, 0.1) is 10.1 Å². The highest BCUT2D eigenvalue weighted by Gasteiger charge is 2.39. The molecule has 0 spiro atoms. The number of nitrogens with zero attached hydrogens (tertiary/aromatic N) is 1. The standard InChI is InChI=1S/C16H16N2O5/c1-16(13-8-12(19)6-7-14(13)20)17-9-15(23-16)10-2-4-11(5-3-10)18(21)22/h2-8,15,17,19-20H,9H2,1H3/t15-,16+/m1/s1. The maximum absolute atomic E-state index is 10.7. The predicted octanol–water partition coefficient (Wildman–Crippen LogP) is 2.54. The van der Waals surface area contributed by atoms with Crippen LogP contribution >= 0.6 is 0 Å². The van der Waals surface area contributed by atoms with Crippen LogP contribution in [0.2, 0.25) is 0 Å². The number of nitro groups is 1. The Bertz CT molecular complexity index is 747. The van der Waals surface area contributed by atoms with E-state index in [1.165, 1.54) is 30.3 Å². The van der Waals surface area contributed by atoms with Gasteiger partial charge < -0.3 is 14.9 Å². The number of benzene rings is 2. The summed E-state index contributed by atoms with van der Waals surface area (Å²) in [6.07, 6.45) is -0.317. The number of phenols is 2. The first-order valence-electron chi connectivity index (χ1n) is 7.09. The molecule has 1 fully saturated rings. The van der Waals surface area contributed by atoms with Crippen LogP contribution in [-0.4, -0.2) is 21.7 Å². The molecule has 0 unspecified atom stereocenters. The third-order valence-corrected chi connectivity index (χ3v) is 3.97. The molecule has 7 nitrogen and oxygen atoms in total. The third-order valence-electron chi connectivity index (χ3n) is 3.97. The maximum atomic E-state index is 10.7. The molecule has 120 valence electrons. The van der Waals surface area contributed by atoms with E-state index in [-0.39, 0.29) is 23.3 Å². The monoisotopic (exact) mass is 316 g/mol. The van der Waals surface area contributed by atoms with Gasteiger partial charge in [0.25, 0.3) is 5.69 Å². The molecule has 1 heterocycles. The van der Waals surface area contributed by atoms with Crippen molar-refractivity contribution in [3.8, 4) is 11.5 Å². The van der Waals surface area contributed by atoms with Crippen LogP contribution < -0.4 is 5.32 Å². The molecule has 1 aliphatic rings. The summed E-state index contributed by atoms with van der Waals surface area (Å²) in [6.45, 7) is 2.23. The van der Waals surface area contributed by atoms with Crippen LogP contribution in [0.4, 0.5) is 5.69 Å². The molecule has 3 rings (SSSR count). The summed E-state index contributed by atoms with van der Waals surface area (Å²) in [7, 11) is 0. The Morgan fingerprint density at radius 3 is 2.61 bits per heavy atom. The predicted molar refractivity (Wildman–Crippen MR) is 82.0 cm³/mol. The minimum atomic E-state index is -0.963. The summed E-state index contributed by atoms with van der Waals surface area (Å²) in [4.78, 5) is 10.2. The zero-order valence-corrected chi connectivity index (χ0v) is 12.4. The Hall–Kier alpha value is -2.64. The smallest absolute Gasteiger partial charge is 0.269 e. The van der Waals surface area contributed by atoms with Gasteiger partial charge in [0.05, 0.1) is 11.0 Å². The first-order valence-corrected chi connectivity index (χ1v) is 7.09. The number of ether oxygens (including phenoxy) is 1. The molecule has 0 aromatic heterocycles. The van der Waals surface area contributed by atoms with E-state index >= 15 is 0 Å². The van der Waals surface area contributed by atoms with E-state index in [0.717, 1.165) is 5.56 Å². The van der Waals surface area contributed by atoms with Gasteiger partial charge in [-0.05, 0) is 42.8 Å². The number of nitro benzene ring substituents is 1. The highest BCUT2D eigenvalue weighted by Crippen LogP contribution is 2.40. The van der Waals surface area contributed by atoms with Crippen molar-refractivity contribution < 1.29 is 19.9 Å². The minimum Gasteiger partial charge on any atom is -0.508 e. The lowest BCUT2D eigenvalue weighted by molar-refractivity contribution is -0.384. The van der Waals surface area contributed by atoms with Gasteiger partial charge in [0.1, 0.15) is 17.2 Å². The van der Waals surface area contributed by atoms with Gasteiger partial charge in [-0.1, -0.05) is 0 Å². The van der Waals surface area contributed by atoms with Crippen LogP contribution in [-0.2, 0) is 10.5 Å². The number of hydrogen-bond acceptors (Lipinski definition) is 6. The largest absolute Gasteiger partial charge is 0.508 e. The van der Waals surface area contributed by atoms with E-state index < -0.39 is 10.6 Å². The number of hydrogen-bond donors (Lipinski definition) is 3. The lowest BCUT2D eigenvalue weighted by Gasteiger charge is -2.26. The van der Waals surface area contributed by atoms with Crippen molar-refractivity contribution in [2.24, 2.45) is 0 Å². The Kier molecular flexibility index (Phi) is 3.67. The Morgan fingerprint density at radius 2 is 1.96 bits per heavy atom. The van der Waals surface area contributed by atoms with Gasteiger partial charge in [-0.2, -0.15) is 0 Å². The second kappa shape index (κ2) is 5.53. The zero-order valence-electron chi connectivity index (χ0n) is 12.4. The molecule has 1 saturated heterocycles. The fourth-order valence-electron chi connectivity index (χ4n) is 2.72. The average molecular weight is 316 g/mol. The number of rotatable bonds is 3. The van der Waals surface area contributed by atoms with Gasteiger partial charge in [0.2, 0.25) is 0 Å². The first-order chi connectivity index (χ1) is 10.9. The zero-order chi connectivity index (χ0) is 16.6. The lowest BCUT2D eigenvalue weighted by Crippen LogP contribution is -2.34. The van der Waals surface area contributed by atoms with Crippen LogP contribution in [0.25, 0.3) is 0 Å². The molecular formula is C16H16N2O5. The van der Waals surface area contributed by atoms with E-state index in [1.54, 1.807) is 19.1 Å². The van der Waals surface area contributed by atoms with Crippen molar-refractivity contribution in [1.82, 2.24) is 5.32 Å². The van der Waals surface area contributed by atoms with Crippen molar-refractivity contribution in [2.45, 2.75) is 18.8 Å². The minimum absolute atomic E-state index is 0.0159. The summed E-state index contributed by atoms with van der Waals surface area (Å²) >= 11 is 0. The molecule has 3 N–H and O–H groups in total. The molecule has 0 radical (unpaired) electrons. The lowest BCUT2D eigenvalue weighted by atomic mass is 10.0. The van der Waals surface area contributed by atoms with Gasteiger partial charge in [0.15, 0.2) is 0 Å². The molecule has 0 aliphatic carbocycles. The van der Waals surface area contributed by atoms with Gasteiger partial charge >= 0.3 is 0 Å². The Balaban J connectivity index is 1.84. The van der Waals surface area contributed by atoms with Crippen LogP contribution in [0.3, 0.4) is 0 Å². The summed E-state index contributed by atoms with van der Waals surface area (Å²) < 4.78 is 6.01. The molecule has 1 aliphatic heterocycles. The summed E-state index contributed by atoms with van der Waals surface area (Å²) in [6, 6.07) is 10.4. The molecule has 2 atom stereocenters. The van der Waals surface area contributed by atoms with Crippen LogP contribution in [0.5, 0.6) is 11.5 Å². The highest BCUT2D eigenvalue weighted by atomic mass is 16.6. The van der Waals surface area contributed by atoms with E-state index in [1.807, 2.05) is 0 Å². The first kappa shape index (κ1) is 15.3. The second-order valence-corrected chi connectivity index (χ2v) is 5.57. The number of aromatic hydroxyl groups is 2. The van der Waals surface area contributed by atoms with E-state index in [9.17, 15) is 20.3 Å². The third kappa shape index (κ3) is 2.84. The van der Waals surface area contributed by atoms with Crippen LogP contribution in [0.15, 0.2) is 42.5 Å². The maximum Gasteiger partial charge on any atom is 0.269 e. The van der Waals surface area contributed by atoms with Crippen molar-refractivity contribution in [2.75, 3.05) is 6.54 Å². The number of non-ortho nitro benzene ring substituents is 1. The molecule has 23 heavy (non-hydrogen) atoms. The molecule has 0 amide bonds. The average Bonchev–Trinajstić information content (AvgIpc) is 2.93. The Labute approximate surface area is 132 Å². The van der Waals surface area contributed by atoms with Gasteiger partial charge in [0, 0.05) is 24.2 Å². The molecule has 2 aromatic carbocycles. The Morgan fingerprint density at radius 1 is 1.26 bits per heavy atom. The van der Waals surface area contributed by atoms with E-state index in [0.29, 0.717) is 12.1 Å². The van der Waals surface area contributed by atoms with Gasteiger partial charge in [-0.25, -0.2) is 0 Å². The molecular weight excluding hydrogens is 300 g/mol. The molecule has 2 aromatic rings. The fraction of sp³-hybridized carbons (Fsp3) is 0.250.